The van der Waals surface area contributed by atoms with Crippen molar-refractivity contribution < 1.29 is 18.8 Å². The van der Waals surface area contributed by atoms with Crippen molar-refractivity contribution in [3.63, 3.8) is 0 Å². The molecule has 2 aliphatic heterocycles. The quantitative estimate of drug-likeness (QED) is 0.697. The maximum Gasteiger partial charge on any atom is 0.322 e. The summed E-state index contributed by atoms with van der Waals surface area (Å²) in [4.78, 5) is 41.6. The van der Waals surface area contributed by atoms with Crippen LogP contribution in [0.2, 0.25) is 0 Å². The molecule has 2 aromatic rings. The van der Waals surface area contributed by atoms with Crippen molar-refractivity contribution >= 4 is 17.8 Å². The lowest BCUT2D eigenvalue weighted by atomic mass is 9.92. The Morgan fingerprint density at radius 2 is 1.77 bits per heavy atom. The van der Waals surface area contributed by atoms with E-state index in [-0.39, 0.29) is 24.1 Å². The van der Waals surface area contributed by atoms with Gasteiger partial charge in [-0.15, -0.1) is 0 Å². The Balaban J connectivity index is 1.24. The van der Waals surface area contributed by atoms with Crippen molar-refractivity contribution in [3.05, 3.63) is 65.2 Å². The summed E-state index contributed by atoms with van der Waals surface area (Å²) in [5, 5.41) is 4.70. The Hall–Kier alpha value is -3.29. The van der Waals surface area contributed by atoms with Gasteiger partial charge in [-0.1, -0.05) is 18.2 Å². The molecule has 162 valence electrons. The molecule has 7 nitrogen and oxygen atoms in total. The van der Waals surface area contributed by atoms with E-state index < -0.39 is 12.1 Å². The SMILES string of the molecule is O=C1NC(=O)[C@@H](CCC(=O)N2CCC(c3ccc(Cc4ccc(F)cc4)cn3)CC2)N1. The van der Waals surface area contributed by atoms with Gasteiger partial charge in [-0.25, -0.2) is 9.18 Å². The Morgan fingerprint density at radius 3 is 2.39 bits per heavy atom. The second-order valence-electron chi connectivity index (χ2n) is 8.10. The molecule has 8 heteroatoms. The van der Waals surface area contributed by atoms with Crippen molar-refractivity contribution in [2.24, 2.45) is 0 Å². The lowest BCUT2D eigenvalue weighted by Crippen LogP contribution is -2.39. The summed E-state index contributed by atoms with van der Waals surface area (Å²) in [5.41, 5.74) is 3.14. The number of imide groups is 1. The highest BCUT2D eigenvalue weighted by atomic mass is 19.1. The molecule has 2 N–H and O–H groups in total. The number of urea groups is 1. The number of aromatic nitrogens is 1. The fraction of sp³-hybridized carbons (Fsp3) is 0.391. The number of rotatable bonds is 6. The monoisotopic (exact) mass is 424 g/mol. The summed E-state index contributed by atoms with van der Waals surface area (Å²) in [6.45, 7) is 1.32. The first kappa shape index (κ1) is 21.0. The number of nitrogens with one attached hydrogen (secondary N) is 2. The highest BCUT2D eigenvalue weighted by Crippen LogP contribution is 2.27. The molecule has 31 heavy (non-hydrogen) atoms. The van der Waals surface area contributed by atoms with E-state index in [1.165, 1.54) is 12.1 Å². The fourth-order valence-corrected chi connectivity index (χ4v) is 4.13. The summed E-state index contributed by atoms with van der Waals surface area (Å²) >= 11 is 0. The van der Waals surface area contributed by atoms with Crippen molar-refractivity contribution in [1.29, 1.82) is 0 Å². The number of piperidine rings is 1. The average molecular weight is 424 g/mol. The third-order valence-corrected chi connectivity index (χ3v) is 5.94. The lowest BCUT2D eigenvalue weighted by Gasteiger charge is -2.32. The molecule has 0 spiro atoms. The van der Waals surface area contributed by atoms with E-state index in [0.29, 0.717) is 31.8 Å². The van der Waals surface area contributed by atoms with Crippen LogP contribution in [-0.4, -0.2) is 46.9 Å². The molecule has 1 aromatic carbocycles. The largest absolute Gasteiger partial charge is 0.343 e. The zero-order chi connectivity index (χ0) is 21.8. The Labute approximate surface area is 180 Å². The highest BCUT2D eigenvalue weighted by Gasteiger charge is 2.31. The normalized spacial score (nSPS) is 19.3. The molecule has 4 rings (SSSR count). The van der Waals surface area contributed by atoms with Gasteiger partial charge in [0.1, 0.15) is 11.9 Å². The minimum atomic E-state index is -0.619. The smallest absolute Gasteiger partial charge is 0.322 e. The molecule has 2 aliphatic rings. The van der Waals surface area contributed by atoms with E-state index in [0.717, 1.165) is 29.7 Å². The van der Waals surface area contributed by atoms with E-state index in [1.807, 2.05) is 17.2 Å². The van der Waals surface area contributed by atoms with Crippen LogP contribution in [0.4, 0.5) is 9.18 Å². The van der Waals surface area contributed by atoms with E-state index in [1.54, 1.807) is 12.1 Å². The van der Waals surface area contributed by atoms with Gasteiger partial charge in [-0.05, 0) is 55.0 Å². The van der Waals surface area contributed by atoms with E-state index in [4.69, 9.17) is 0 Å². The van der Waals surface area contributed by atoms with Crippen molar-refractivity contribution in [2.75, 3.05) is 13.1 Å². The molecular formula is C23H25FN4O3. The summed E-state index contributed by atoms with van der Waals surface area (Å²) in [5.74, 6) is -0.290. The number of halogens is 1. The maximum atomic E-state index is 13.0. The summed E-state index contributed by atoms with van der Waals surface area (Å²) < 4.78 is 13.0. The predicted octanol–water partition coefficient (Wildman–Crippen LogP) is 2.51. The number of carbonyl (C=O) groups is 3. The standard InChI is InChI=1S/C23H25FN4O3/c24-18-4-1-15(2-5-18)13-16-3-6-19(25-14-16)17-9-11-28(12-10-17)21(29)8-7-20-22(30)27-23(31)26-20/h1-6,14,17,20H,7-13H2,(H2,26,27,30,31)/t20-/m1/s1. The van der Waals surface area contributed by atoms with Gasteiger partial charge < -0.3 is 10.2 Å². The molecule has 0 bridgehead atoms. The number of pyridine rings is 1. The van der Waals surface area contributed by atoms with Crippen molar-refractivity contribution in [2.45, 2.75) is 44.1 Å². The Bertz CT molecular complexity index is 954. The van der Waals surface area contributed by atoms with Crippen LogP contribution in [0.1, 0.15) is 48.4 Å². The first-order chi connectivity index (χ1) is 15.0. The average Bonchev–Trinajstić information content (AvgIpc) is 3.11. The highest BCUT2D eigenvalue weighted by molar-refractivity contribution is 6.04. The number of carbonyl (C=O) groups excluding carboxylic acids is 3. The number of nitrogens with zero attached hydrogens (tertiary/aromatic N) is 2. The molecule has 0 saturated carbocycles. The van der Waals surface area contributed by atoms with Gasteiger partial charge in [0.2, 0.25) is 5.91 Å². The minimum absolute atomic E-state index is 0.00926. The fourth-order valence-electron chi connectivity index (χ4n) is 4.13. The molecule has 0 unspecified atom stereocenters. The van der Waals surface area contributed by atoms with Crippen molar-refractivity contribution in [3.8, 4) is 0 Å². The first-order valence-corrected chi connectivity index (χ1v) is 10.6. The molecule has 1 aromatic heterocycles. The number of benzene rings is 1. The van der Waals surface area contributed by atoms with Gasteiger partial charge in [0.15, 0.2) is 0 Å². The van der Waals surface area contributed by atoms with Gasteiger partial charge in [-0.2, -0.15) is 0 Å². The van der Waals surface area contributed by atoms with Gasteiger partial charge in [0.05, 0.1) is 0 Å². The predicted molar refractivity (Wildman–Crippen MR) is 112 cm³/mol. The molecule has 4 amide bonds. The molecule has 1 atom stereocenters. The van der Waals surface area contributed by atoms with E-state index in [2.05, 4.69) is 21.7 Å². The third kappa shape index (κ3) is 5.25. The van der Waals surface area contributed by atoms with Crippen LogP contribution in [0, 0.1) is 5.82 Å². The van der Waals surface area contributed by atoms with Crippen LogP contribution < -0.4 is 10.6 Å². The van der Waals surface area contributed by atoms with Crippen LogP contribution in [0.5, 0.6) is 0 Å². The van der Waals surface area contributed by atoms with Crippen LogP contribution in [0.25, 0.3) is 0 Å². The zero-order valence-corrected chi connectivity index (χ0v) is 17.1. The summed E-state index contributed by atoms with van der Waals surface area (Å²) in [6.07, 6.45) is 4.82. The number of hydrogen-bond acceptors (Lipinski definition) is 4. The topological polar surface area (TPSA) is 91.4 Å². The molecule has 2 saturated heterocycles. The van der Waals surface area contributed by atoms with Crippen LogP contribution >= 0.6 is 0 Å². The van der Waals surface area contributed by atoms with Gasteiger partial charge >= 0.3 is 6.03 Å². The lowest BCUT2D eigenvalue weighted by molar-refractivity contribution is -0.132. The molecule has 0 radical (unpaired) electrons. The molecule has 3 heterocycles. The first-order valence-electron chi connectivity index (χ1n) is 10.6. The maximum absolute atomic E-state index is 13.0. The van der Waals surface area contributed by atoms with Crippen LogP contribution in [0.15, 0.2) is 42.6 Å². The van der Waals surface area contributed by atoms with Crippen molar-refractivity contribution in [1.82, 2.24) is 20.5 Å². The number of hydrogen-bond donors (Lipinski definition) is 2. The zero-order valence-electron chi connectivity index (χ0n) is 17.1. The number of amides is 4. The van der Waals surface area contributed by atoms with Crippen LogP contribution in [-0.2, 0) is 16.0 Å². The second kappa shape index (κ2) is 9.24. The summed E-state index contributed by atoms with van der Waals surface area (Å²) in [6, 6.07) is 9.47. The second-order valence-corrected chi connectivity index (χ2v) is 8.10. The van der Waals surface area contributed by atoms with Gasteiger partial charge in [0, 0.05) is 37.3 Å². The number of likely N-dealkylation sites (tertiary alicyclic amines) is 1. The van der Waals surface area contributed by atoms with E-state index in [9.17, 15) is 18.8 Å². The van der Waals surface area contributed by atoms with Gasteiger partial charge in [-0.3, -0.25) is 19.9 Å². The summed E-state index contributed by atoms with van der Waals surface area (Å²) in [7, 11) is 0. The Morgan fingerprint density at radius 1 is 1.06 bits per heavy atom. The third-order valence-electron chi connectivity index (χ3n) is 5.94. The van der Waals surface area contributed by atoms with Crippen LogP contribution in [0.3, 0.4) is 0 Å². The minimum Gasteiger partial charge on any atom is -0.343 e. The Kier molecular flexibility index (Phi) is 6.25. The molecule has 0 aliphatic carbocycles. The van der Waals surface area contributed by atoms with E-state index >= 15 is 0 Å². The molecule has 2 fully saturated rings. The van der Waals surface area contributed by atoms with Gasteiger partial charge in [0.25, 0.3) is 5.91 Å². The molecular weight excluding hydrogens is 399 g/mol.